The maximum atomic E-state index is 12.4. The first-order valence-corrected chi connectivity index (χ1v) is 8.73. The molecule has 24 heavy (non-hydrogen) atoms. The van der Waals surface area contributed by atoms with Gasteiger partial charge in [0.2, 0.25) is 0 Å². The summed E-state index contributed by atoms with van der Waals surface area (Å²) in [7, 11) is 0. The van der Waals surface area contributed by atoms with Crippen LogP contribution < -0.4 is 5.32 Å². The van der Waals surface area contributed by atoms with Gasteiger partial charge in [-0.2, -0.15) is 0 Å². The molecule has 2 heterocycles. The molecule has 1 aliphatic carbocycles. The highest BCUT2D eigenvalue weighted by Crippen LogP contribution is 2.38. The number of nitrogens with one attached hydrogen (secondary N) is 1. The number of nitrogens with zero attached hydrogens (tertiary/aromatic N) is 3. The molecule has 0 unspecified atom stereocenters. The molecule has 0 spiro atoms. The SMILES string of the molecule is Cc1nc(-c2cccc(NC(=O)c3cc(C4CC4)ncn3)c2)cs1. The van der Waals surface area contributed by atoms with Crippen LogP contribution >= 0.6 is 11.3 Å². The molecule has 1 saturated carbocycles. The number of carbonyl (C=O) groups excluding carboxylic acids is 1. The van der Waals surface area contributed by atoms with E-state index in [1.54, 1.807) is 17.4 Å². The molecular weight excluding hydrogens is 320 g/mol. The molecule has 0 radical (unpaired) electrons. The molecule has 120 valence electrons. The Morgan fingerprint density at radius 2 is 2.12 bits per heavy atom. The average molecular weight is 336 g/mol. The first-order valence-electron chi connectivity index (χ1n) is 7.85. The Morgan fingerprint density at radius 1 is 1.25 bits per heavy atom. The van der Waals surface area contributed by atoms with Crippen LogP contribution in [-0.4, -0.2) is 20.9 Å². The van der Waals surface area contributed by atoms with E-state index in [-0.39, 0.29) is 5.91 Å². The van der Waals surface area contributed by atoms with E-state index in [2.05, 4.69) is 20.3 Å². The predicted molar refractivity (Wildman–Crippen MR) is 94.2 cm³/mol. The average Bonchev–Trinajstić information content (AvgIpc) is 3.36. The minimum absolute atomic E-state index is 0.217. The summed E-state index contributed by atoms with van der Waals surface area (Å²) in [6.45, 7) is 1.98. The van der Waals surface area contributed by atoms with Gasteiger partial charge in [0, 0.05) is 28.2 Å². The van der Waals surface area contributed by atoms with E-state index in [1.165, 1.54) is 6.33 Å². The van der Waals surface area contributed by atoms with Crippen molar-refractivity contribution in [1.29, 1.82) is 0 Å². The molecule has 0 aliphatic heterocycles. The molecule has 0 bridgehead atoms. The third-order valence-electron chi connectivity index (χ3n) is 3.95. The molecule has 1 aliphatic rings. The monoisotopic (exact) mass is 336 g/mol. The Hall–Kier alpha value is -2.60. The van der Waals surface area contributed by atoms with Gasteiger partial charge in [-0.05, 0) is 38.0 Å². The van der Waals surface area contributed by atoms with E-state index in [0.717, 1.165) is 40.5 Å². The fraction of sp³-hybridized carbons (Fsp3) is 0.222. The molecule has 3 aromatic rings. The second-order valence-corrected chi connectivity index (χ2v) is 6.95. The smallest absolute Gasteiger partial charge is 0.274 e. The van der Waals surface area contributed by atoms with E-state index >= 15 is 0 Å². The molecule has 0 atom stereocenters. The molecule has 1 amide bonds. The highest BCUT2D eigenvalue weighted by Gasteiger charge is 2.26. The molecule has 2 aromatic heterocycles. The lowest BCUT2D eigenvalue weighted by Crippen LogP contribution is -2.14. The minimum atomic E-state index is -0.217. The quantitative estimate of drug-likeness (QED) is 0.781. The zero-order valence-electron chi connectivity index (χ0n) is 13.2. The van der Waals surface area contributed by atoms with Gasteiger partial charge in [-0.15, -0.1) is 11.3 Å². The van der Waals surface area contributed by atoms with Gasteiger partial charge in [0.1, 0.15) is 12.0 Å². The Labute approximate surface area is 143 Å². The van der Waals surface area contributed by atoms with Crippen LogP contribution in [0.25, 0.3) is 11.3 Å². The molecule has 1 fully saturated rings. The number of hydrogen-bond acceptors (Lipinski definition) is 5. The van der Waals surface area contributed by atoms with Crippen molar-refractivity contribution in [2.45, 2.75) is 25.7 Å². The number of carbonyl (C=O) groups is 1. The largest absolute Gasteiger partial charge is 0.321 e. The lowest BCUT2D eigenvalue weighted by atomic mass is 10.1. The molecule has 1 N–H and O–H groups in total. The molecule has 4 rings (SSSR count). The summed E-state index contributed by atoms with van der Waals surface area (Å²) in [5.41, 5.74) is 4.00. The van der Waals surface area contributed by atoms with Crippen LogP contribution in [0.1, 0.15) is 39.9 Å². The van der Waals surface area contributed by atoms with Gasteiger partial charge < -0.3 is 5.32 Å². The van der Waals surface area contributed by atoms with Crippen LogP contribution in [0.3, 0.4) is 0 Å². The van der Waals surface area contributed by atoms with Crippen LogP contribution in [0.4, 0.5) is 5.69 Å². The van der Waals surface area contributed by atoms with Gasteiger partial charge in [0.15, 0.2) is 0 Å². The Balaban J connectivity index is 1.54. The zero-order valence-corrected chi connectivity index (χ0v) is 14.0. The van der Waals surface area contributed by atoms with Crippen molar-refractivity contribution < 1.29 is 4.79 Å². The maximum absolute atomic E-state index is 12.4. The highest BCUT2D eigenvalue weighted by molar-refractivity contribution is 7.09. The number of amides is 1. The van der Waals surface area contributed by atoms with Gasteiger partial charge in [0.25, 0.3) is 5.91 Å². The van der Waals surface area contributed by atoms with E-state index < -0.39 is 0 Å². The van der Waals surface area contributed by atoms with Gasteiger partial charge in [0.05, 0.1) is 10.7 Å². The molecule has 6 heteroatoms. The fourth-order valence-electron chi connectivity index (χ4n) is 2.55. The topological polar surface area (TPSA) is 67.8 Å². The minimum Gasteiger partial charge on any atom is -0.321 e. The van der Waals surface area contributed by atoms with Crippen LogP contribution in [0.15, 0.2) is 42.0 Å². The lowest BCUT2D eigenvalue weighted by molar-refractivity contribution is 0.102. The van der Waals surface area contributed by atoms with Crippen LogP contribution in [0.2, 0.25) is 0 Å². The Morgan fingerprint density at radius 3 is 2.88 bits per heavy atom. The highest BCUT2D eigenvalue weighted by atomic mass is 32.1. The van der Waals surface area contributed by atoms with Crippen LogP contribution in [-0.2, 0) is 0 Å². The summed E-state index contributed by atoms with van der Waals surface area (Å²) in [5, 5.41) is 5.95. The zero-order chi connectivity index (χ0) is 16.5. The lowest BCUT2D eigenvalue weighted by Gasteiger charge is -2.07. The van der Waals surface area contributed by atoms with Crippen molar-refractivity contribution in [3.63, 3.8) is 0 Å². The molecule has 1 aromatic carbocycles. The predicted octanol–water partition coefficient (Wildman–Crippen LogP) is 4.04. The Bertz CT molecular complexity index is 901. The van der Waals surface area contributed by atoms with Gasteiger partial charge >= 0.3 is 0 Å². The summed E-state index contributed by atoms with van der Waals surface area (Å²) >= 11 is 1.61. The first-order chi connectivity index (χ1) is 11.7. The summed E-state index contributed by atoms with van der Waals surface area (Å²) in [6, 6.07) is 9.48. The van der Waals surface area contributed by atoms with Crippen molar-refractivity contribution in [3.05, 3.63) is 58.4 Å². The fourth-order valence-corrected chi connectivity index (χ4v) is 3.17. The third kappa shape index (κ3) is 3.19. The van der Waals surface area contributed by atoms with Crippen LogP contribution in [0.5, 0.6) is 0 Å². The number of aryl methyl sites for hydroxylation is 1. The van der Waals surface area contributed by atoms with E-state index in [0.29, 0.717) is 11.6 Å². The van der Waals surface area contributed by atoms with E-state index in [9.17, 15) is 4.79 Å². The standard InChI is InChI=1S/C18H16N4OS/c1-11-21-17(9-24-11)13-3-2-4-14(7-13)22-18(23)16-8-15(12-5-6-12)19-10-20-16/h2-4,7-10,12H,5-6H2,1H3,(H,22,23). The van der Waals surface area contributed by atoms with Crippen LogP contribution in [0, 0.1) is 6.92 Å². The molecular formula is C18H16N4OS. The van der Waals surface area contributed by atoms with Crippen molar-refractivity contribution in [3.8, 4) is 11.3 Å². The van der Waals surface area contributed by atoms with Gasteiger partial charge in [-0.25, -0.2) is 15.0 Å². The summed E-state index contributed by atoms with van der Waals surface area (Å²) < 4.78 is 0. The summed E-state index contributed by atoms with van der Waals surface area (Å²) in [4.78, 5) is 25.3. The third-order valence-corrected chi connectivity index (χ3v) is 4.73. The molecule has 0 saturated heterocycles. The Kier molecular flexibility index (Phi) is 3.82. The number of aromatic nitrogens is 3. The van der Waals surface area contributed by atoms with E-state index in [1.807, 2.05) is 36.6 Å². The van der Waals surface area contributed by atoms with Crippen molar-refractivity contribution in [2.75, 3.05) is 5.32 Å². The van der Waals surface area contributed by atoms with Gasteiger partial charge in [-0.3, -0.25) is 4.79 Å². The number of rotatable bonds is 4. The van der Waals surface area contributed by atoms with Gasteiger partial charge in [-0.1, -0.05) is 12.1 Å². The summed E-state index contributed by atoms with van der Waals surface area (Å²) in [5.74, 6) is 0.279. The van der Waals surface area contributed by atoms with Crippen molar-refractivity contribution >= 4 is 22.9 Å². The maximum Gasteiger partial charge on any atom is 0.274 e. The summed E-state index contributed by atoms with van der Waals surface area (Å²) in [6.07, 6.45) is 3.76. The molecule has 5 nitrogen and oxygen atoms in total. The number of thiazole rings is 1. The van der Waals surface area contributed by atoms with Crippen molar-refractivity contribution in [1.82, 2.24) is 15.0 Å². The second-order valence-electron chi connectivity index (χ2n) is 5.89. The van der Waals surface area contributed by atoms with Crippen molar-refractivity contribution in [2.24, 2.45) is 0 Å². The first kappa shape index (κ1) is 15.0. The number of benzene rings is 1. The number of anilines is 1. The second kappa shape index (κ2) is 6.13. The number of hydrogen-bond donors (Lipinski definition) is 1. The normalized spacial score (nSPS) is 13.7. The van der Waals surface area contributed by atoms with E-state index in [4.69, 9.17) is 0 Å².